The van der Waals surface area contributed by atoms with Gasteiger partial charge < -0.3 is 10.2 Å². The van der Waals surface area contributed by atoms with Gasteiger partial charge in [-0.2, -0.15) is 5.10 Å². The number of fused-ring (bicyclic) bond motifs is 2. The maximum atomic E-state index is 13.2. The fraction of sp³-hybridized carbons (Fsp3) is 0.286. The quantitative estimate of drug-likeness (QED) is 0.716. The Hall–Kier alpha value is -2.80. The van der Waals surface area contributed by atoms with Crippen molar-refractivity contribution in [3.05, 3.63) is 59.8 Å². The summed E-state index contributed by atoms with van der Waals surface area (Å²) in [4.78, 5) is 27.3. The summed E-state index contributed by atoms with van der Waals surface area (Å²) in [6, 6.07) is 13.5. The Kier molecular flexibility index (Phi) is 3.94. The molecule has 2 fully saturated rings. The van der Waals surface area contributed by atoms with Crippen molar-refractivity contribution in [3.8, 4) is 0 Å². The number of H-pyrrole nitrogens is 1. The van der Waals surface area contributed by atoms with Crippen molar-refractivity contribution in [2.24, 2.45) is 0 Å². The second kappa shape index (κ2) is 6.38. The number of aromatic amines is 1. The van der Waals surface area contributed by atoms with Crippen LogP contribution in [-0.2, 0) is 14.5 Å². The van der Waals surface area contributed by atoms with Gasteiger partial charge >= 0.3 is 0 Å². The first-order chi connectivity index (χ1) is 13.6. The number of aryl methyl sites for hydroxylation is 1. The summed E-state index contributed by atoms with van der Waals surface area (Å²) in [5.74, 6) is 0.516. The molecule has 2 saturated heterocycles. The molecule has 3 heterocycles. The van der Waals surface area contributed by atoms with Gasteiger partial charge in [-0.15, -0.1) is 11.8 Å². The Balaban J connectivity index is 1.45. The molecule has 0 saturated carbocycles. The predicted molar refractivity (Wildman–Crippen MR) is 110 cm³/mol. The second-order valence-electron chi connectivity index (χ2n) is 7.35. The van der Waals surface area contributed by atoms with Crippen LogP contribution in [0.4, 0.5) is 5.69 Å². The lowest BCUT2D eigenvalue weighted by Crippen LogP contribution is -2.48. The van der Waals surface area contributed by atoms with Crippen molar-refractivity contribution in [2.75, 3.05) is 11.1 Å². The van der Waals surface area contributed by atoms with E-state index in [1.807, 2.05) is 42.2 Å². The van der Waals surface area contributed by atoms with Crippen LogP contribution in [0.15, 0.2) is 48.7 Å². The molecule has 2 aromatic carbocycles. The number of carbonyl (C=O) groups is 2. The topological polar surface area (TPSA) is 78.1 Å². The van der Waals surface area contributed by atoms with E-state index >= 15 is 0 Å². The third kappa shape index (κ3) is 2.53. The molecule has 0 unspecified atom stereocenters. The Labute approximate surface area is 166 Å². The highest BCUT2D eigenvalue weighted by atomic mass is 32.2. The minimum Gasteiger partial charge on any atom is -0.324 e. The van der Waals surface area contributed by atoms with Gasteiger partial charge in [-0.05, 0) is 36.6 Å². The molecule has 7 heteroatoms. The lowest BCUT2D eigenvalue weighted by molar-refractivity contribution is -0.136. The number of rotatable bonds is 3. The van der Waals surface area contributed by atoms with E-state index in [1.165, 1.54) is 0 Å². The third-order valence-corrected chi connectivity index (χ3v) is 7.29. The van der Waals surface area contributed by atoms with E-state index in [1.54, 1.807) is 18.0 Å². The molecule has 2 N–H and O–H groups in total. The number of nitrogens with one attached hydrogen (secondary N) is 2. The Morgan fingerprint density at radius 2 is 2.14 bits per heavy atom. The van der Waals surface area contributed by atoms with Crippen LogP contribution in [0.5, 0.6) is 0 Å². The number of anilines is 1. The van der Waals surface area contributed by atoms with Crippen LogP contribution >= 0.6 is 11.8 Å². The number of thioether (sulfide) groups is 1. The molecular weight excluding hydrogens is 372 g/mol. The Morgan fingerprint density at radius 3 is 2.96 bits per heavy atom. The molecule has 2 aliphatic rings. The van der Waals surface area contributed by atoms with E-state index in [9.17, 15) is 9.59 Å². The molecule has 142 valence electrons. The van der Waals surface area contributed by atoms with Crippen LogP contribution in [-0.4, -0.2) is 38.7 Å². The molecule has 28 heavy (non-hydrogen) atoms. The summed E-state index contributed by atoms with van der Waals surface area (Å²) in [5, 5.41) is 11.0. The first-order valence-corrected chi connectivity index (χ1v) is 10.3. The van der Waals surface area contributed by atoms with Crippen LogP contribution < -0.4 is 5.32 Å². The highest BCUT2D eigenvalue weighted by Gasteiger charge is 2.56. The molecule has 2 atom stereocenters. The fourth-order valence-corrected chi connectivity index (χ4v) is 5.94. The lowest BCUT2D eigenvalue weighted by Gasteiger charge is -2.34. The molecule has 2 amide bonds. The van der Waals surface area contributed by atoms with Crippen LogP contribution in [0, 0.1) is 6.92 Å². The zero-order valence-corrected chi connectivity index (χ0v) is 16.3. The zero-order chi connectivity index (χ0) is 19.3. The SMILES string of the molecule is Cc1cc2[nH]ncc2cc1NC(=O)[C@H]1CS[C@]2(c3ccccc3)CCC(=O)N12. The summed E-state index contributed by atoms with van der Waals surface area (Å²) >= 11 is 1.70. The van der Waals surface area contributed by atoms with Gasteiger partial charge in [0.15, 0.2) is 0 Å². The van der Waals surface area contributed by atoms with Crippen molar-refractivity contribution < 1.29 is 9.59 Å². The molecule has 0 aliphatic carbocycles. The van der Waals surface area contributed by atoms with E-state index in [-0.39, 0.29) is 11.8 Å². The van der Waals surface area contributed by atoms with E-state index in [4.69, 9.17) is 0 Å². The van der Waals surface area contributed by atoms with Crippen molar-refractivity contribution in [1.29, 1.82) is 0 Å². The number of hydrogen-bond acceptors (Lipinski definition) is 4. The van der Waals surface area contributed by atoms with Gasteiger partial charge in [0.1, 0.15) is 10.9 Å². The lowest BCUT2D eigenvalue weighted by atomic mass is 10.0. The maximum Gasteiger partial charge on any atom is 0.248 e. The van der Waals surface area contributed by atoms with Crippen LogP contribution in [0.25, 0.3) is 10.9 Å². The van der Waals surface area contributed by atoms with E-state index in [2.05, 4.69) is 27.6 Å². The minimum absolute atomic E-state index is 0.0519. The predicted octanol–water partition coefficient (Wildman–Crippen LogP) is 3.40. The molecule has 6 nitrogen and oxygen atoms in total. The van der Waals surface area contributed by atoms with Gasteiger partial charge in [0.05, 0.1) is 11.7 Å². The first kappa shape index (κ1) is 17.3. The number of nitrogens with zero attached hydrogens (tertiary/aromatic N) is 2. The number of benzene rings is 2. The van der Waals surface area contributed by atoms with Crippen molar-refractivity contribution in [1.82, 2.24) is 15.1 Å². The highest BCUT2D eigenvalue weighted by Crippen LogP contribution is 2.54. The highest BCUT2D eigenvalue weighted by molar-refractivity contribution is 8.00. The largest absolute Gasteiger partial charge is 0.324 e. The van der Waals surface area contributed by atoms with Gasteiger partial charge in [0.2, 0.25) is 11.8 Å². The normalized spacial score (nSPS) is 24.0. The molecule has 0 bridgehead atoms. The monoisotopic (exact) mass is 392 g/mol. The van der Waals surface area contributed by atoms with Crippen molar-refractivity contribution >= 4 is 40.2 Å². The van der Waals surface area contributed by atoms with E-state index in [0.717, 1.165) is 34.1 Å². The summed E-state index contributed by atoms with van der Waals surface area (Å²) < 4.78 is 0. The van der Waals surface area contributed by atoms with Crippen molar-refractivity contribution in [3.63, 3.8) is 0 Å². The summed E-state index contributed by atoms with van der Waals surface area (Å²) in [6.45, 7) is 1.95. The second-order valence-corrected chi connectivity index (χ2v) is 8.65. The molecule has 3 aromatic rings. The fourth-order valence-electron chi connectivity index (χ4n) is 4.29. The van der Waals surface area contributed by atoms with Gasteiger partial charge in [-0.25, -0.2) is 0 Å². The molecular formula is C21H20N4O2S. The van der Waals surface area contributed by atoms with Gasteiger partial charge in [-0.1, -0.05) is 30.3 Å². The smallest absolute Gasteiger partial charge is 0.248 e. The maximum absolute atomic E-state index is 13.2. The standard InChI is InChI=1S/C21H20N4O2S/c1-13-9-17-14(11-22-24-17)10-16(13)23-20(27)18-12-28-21(8-7-19(26)25(18)21)15-5-3-2-4-6-15/h2-6,9-11,18H,7-8,12H2,1H3,(H,22,24)(H,23,27)/t18-,21+/m1/s1. The van der Waals surface area contributed by atoms with Crippen LogP contribution in [0.2, 0.25) is 0 Å². The van der Waals surface area contributed by atoms with E-state index < -0.39 is 10.9 Å². The summed E-state index contributed by atoms with van der Waals surface area (Å²) in [7, 11) is 0. The molecule has 5 rings (SSSR count). The molecule has 1 aromatic heterocycles. The Morgan fingerprint density at radius 1 is 1.32 bits per heavy atom. The molecule has 0 radical (unpaired) electrons. The minimum atomic E-state index is -0.473. The molecule has 2 aliphatic heterocycles. The third-order valence-electron chi connectivity index (χ3n) is 5.70. The average Bonchev–Trinajstić information content (AvgIpc) is 3.39. The Bertz CT molecular complexity index is 1080. The first-order valence-electron chi connectivity index (χ1n) is 9.35. The van der Waals surface area contributed by atoms with Gasteiger partial charge in [0, 0.05) is 23.2 Å². The summed E-state index contributed by atoms with van der Waals surface area (Å²) in [6.07, 6.45) is 2.95. The summed E-state index contributed by atoms with van der Waals surface area (Å²) in [5.41, 5.74) is 3.74. The molecule has 0 spiro atoms. The van der Waals surface area contributed by atoms with E-state index in [0.29, 0.717) is 12.2 Å². The number of aromatic nitrogens is 2. The zero-order valence-electron chi connectivity index (χ0n) is 15.4. The van der Waals surface area contributed by atoms with Crippen molar-refractivity contribution in [2.45, 2.75) is 30.7 Å². The average molecular weight is 392 g/mol. The van der Waals surface area contributed by atoms with Gasteiger partial charge in [-0.3, -0.25) is 14.7 Å². The number of amides is 2. The van der Waals surface area contributed by atoms with Crippen LogP contribution in [0.1, 0.15) is 24.0 Å². The number of hydrogen-bond donors (Lipinski definition) is 2. The number of carbonyl (C=O) groups excluding carboxylic acids is 2. The van der Waals surface area contributed by atoms with Gasteiger partial charge in [0.25, 0.3) is 0 Å². The van der Waals surface area contributed by atoms with Crippen LogP contribution in [0.3, 0.4) is 0 Å².